The topological polar surface area (TPSA) is 69.6 Å². The van der Waals surface area contributed by atoms with Crippen LogP contribution in [0.4, 0.5) is 5.95 Å². The van der Waals surface area contributed by atoms with Gasteiger partial charge in [0, 0.05) is 39.1 Å². The van der Waals surface area contributed by atoms with Crippen LogP contribution in [0.25, 0.3) is 0 Å². The summed E-state index contributed by atoms with van der Waals surface area (Å²) in [4.78, 5) is 26.8. The first-order valence-electron chi connectivity index (χ1n) is 10.1. The Labute approximate surface area is 166 Å². The van der Waals surface area contributed by atoms with Crippen molar-refractivity contribution in [2.45, 2.75) is 32.6 Å². The third kappa shape index (κ3) is 3.80. The fraction of sp³-hybridized carbons (Fsp3) is 0.500. The van der Waals surface area contributed by atoms with Crippen LogP contribution in [0.15, 0.2) is 24.3 Å². The van der Waals surface area contributed by atoms with Gasteiger partial charge in [-0.1, -0.05) is 29.8 Å². The van der Waals surface area contributed by atoms with E-state index < -0.39 is 0 Å². The monoisotopic (exact) mass is 380 g/mol. The number of Topliss-reactive ketones (excluding diaryl/α,β-unsaturated/α-hetero) is 1. The summed E-state index contributed by atoms with van der Waals surface area (Å²) in [5.74, 6) is 1.07. The zero-order valence-electron chi connectivity index (χ0n) is 16.7. The van der Waals surface area contributed by atoms with Gasteiger partial charge < -0.3 is 10.0 Å². The highest BCUT2D eigenvalue weighted by Crippen LogP contribution is 2.34. The van der Waals surface area contributed by atoms with Crippen LogP contribution < -0.4 is 4.90 Å². The number of aliphatic hydroxyl groups excluding tert-OH is 1. The predicted molar refractivity (Wildman–Crippen MR) is 109 cm³/mol. The van der Waals surface area contributed by atoms with Crippen LogP contribution in [0.1, 0.15) is 45.2 Å². The van der Waals surface area contributed by atoms with E-state index in [4.69, 9.17) is 10.1 Å². The molecule has 0 amide bonds. The molecule has 2 heterocycles. The Balaban J connectivity index is 1.58. The molecule has 0 spiro atoms. The van der Waals surface area contributed by atoms with Crippen molar-refractivity contribution in [3.05, 3.63) is 52.3 Å². The first kappa shape index (κ1) is 19.0. The fourth-order valence-electron chi connectivity index (χ4n) is 4.37. The molecule has 6 nitrogen and oxygen atoms in total. The smallest absolute Gasteiger partial charge is 0.225 e. The van der Waals surface area contributed by atoms with Gasteiger partial charge in [-0.3, -0.25) is 9.69 Å². The second-order valence-electron chi connectivity index (χ2n) is 7.93. The van der Waals surface area contributed by atoms with Crippen molar-refractivity contribution in [3.8, 4) is 0 Å². The Morgan fingerprint density at radius 2 is 1.89 bits per heavy atom. The van der Waals surface area contributed by atoms with Crippen molar-refractivity contribution >= 4 is 11.7 Å². The van der Waals surface area contributed by atoms with Crippen molar-refractivity contribution < 1.29 is 9.90 Å². The lowest BCUT2D eigenvalue weighted by Crippen LogP contribution is -2.48. The number of carbonyl (C=O) groups excluding carboxylic acids is 1. The second-order valence-corrected chi connectivity index (χ2v) is 7.93. The van der Waals surface area contributed by atoms with Crippen LogP contribution >= 0.6 is 0 Å². The van der Waals surface area contributed by atoms with Crippen LogP contribution in [-0.4, -0.2) is 65.1 Å². The van der Waals surface area contributed by atoms with Crippen LogP contribution in [-0.2, 0) is 6.42 Å². The molecule has 4 rings (SSSR count). The number of fused-ring (bicyclic) bond motifs is 1. The summed E-state index contributed by atoms with van der Waals surface area (Å²) in [5, 5.41) is 9.12. The van der Waals surface area contributed by atoms with E-state index in [1.165, 1.54) is 11.1 Å². The number of hydrogen-bond acceptors (Lipinski definition) is 6. The fourth-order valence-corrected chi connectivity index (χ4v) is 4.37. The molecule has 1 N–H and O–H groups in total. The number of carbonyl (C=O) groups is 1. The summed E-state index contributed by atoms with van der Waals surface area (Å²) in [6, 6.07) is 8.44. The third-order valence-corrected chi connectivity index (χ3v) is 5.89. The zero-order chi connectivity index (χ0) is 19.7. The number of β-amino-alcohol motifs (C(OH)–C–C–N with tert-alkyl or cyclic N) is 1. The third-order valence-electron chi connectivity index (χ3n) is 5.89. The lowest BCUT2D eigenvalue weighted by atomic mass is 9.81. The Hall–Kier alpha value is -2.31. The Kier molecular flexibility index (Phi) is 5.42. The number of hydrogen-bond donors (Lipinski definition) is 1. The van der Waals surface area contributed by atoms with Crippen molar-refractivity contribution in [2.24, 2.45) is 0 Å². The van der Waals surface area contributed by atoms with E-state index >= 15 is 0 Å². The highest BCUT2D eigenvalue weighted by molar-refractivity contribution is 5.99. The quantitative estimate of drug-likeness (QED) is 0.876. The van der Waals surface area contributed by atoms with Crippen LogP contribution in [0.2, 0.25) is 0 Å². The molecule has 1 fully saturated rings. The van der Waals surface area contributed by atoms with Gasteiger partial charge in [-0.2, -0.15) is 0 Å². The molecule has 0 saturated carbocycles. The molecule has 1 aromatic carbocycles. The minimum absolute atomic E-state index is 0.157. The number of aromatic nitrogens is 2. The van der Waals surface area contributed by atoms with Gasteiger partial charge in [0.1, 0.15) is 0 Å². The highest BCUT2D eigenvalue weighted by Gasteiger charge is 2.31. The van der Waals surface area contributed by atoms with Crippen LogP contribution in [0.3, 0.4) is 0 Å². The van der Waals surface area contributed by atoms with E-state index in [1.54, 1.807) is 0 Å². The van der Waals surface area contributed by atoms with E-state index in [-0.39, 0.29) is 18.3 Å². The van der Waals surface area contributed by atoms with Crippen LogP contribution in [0.5, 0.6) is 0 Å². The molecular weight excluding hydrogens is 352 g/mol. The number of aryl methyl sites for hydroxylation is 2. The van der Waals surface area contributed by atoms with E-state index in [9.17, 15) is 4.79 Å². The van der Waals surface area contributed by atoms with Gasteiger partial charge in [-0.15, -0.1) is 0 Å². The Morgan fingerprint density at radius 3 is 2.61 bits per heavy atom. The van der Waals surface area contributed by atoms with Crippen molar-refractivity contribution in [1.82, 2.24) is 14.9 Å². The average molecular weight is 380 g/mol. The average Bonchev–Trinajstić information content (AvgIpc) is 2.68. The van der Waals surface area contributed by atoms with E-state index in [2.05, 4.69) is 46.0 Å². The molecule has 6 heteroatoms. The molecule has 1 saturated heterocycles. The molecule has 148 valence electrons. The molecule has 2 aromatic rings. The Morgan fingerprint density at radius 1 is 1.11 bits per heavy atom. The van der Waals surface area contributed by atoms with Gasteiger partial charge in [0.2, 0.25) is 5.95 Å². The normalized spacial score (nSPS) is 20.3. The van der Waals surface area contributed by atoms with Gasteiger partial charge in [-0.25, -0.2) is 9.97 Å². The van der Waals surface area contributed by atoms with Gasteiger partial charge in [0.25, 0.3) is 0 Å². The molecule has 2 aliphatic rings. The number of benzene rings is 1. The van der Waals surface area contributed by atoms with E-state index in [0.29, 0.717) is 13.0 Å². The molecule has 1 aliphatic carbocycles. The zero-order valence-corrected chi connectivity index (χ0v) is 16.7. The molecule has 28 heavy (non-hydrogen) atoms. The standard InChI is InChI=1S/C22H28N4O2/c1-15-4-3-5-17(12-15)18-13-19-21(20(28)14-18)16(2)23-22(24-19)26-8-6-25(7-9-26)10-11-27/h3-5,12,18,27H,6-11,13-14H2,1-2H3. The van der Waals surface area contributed by atoms with E-state index in [0.717, 1.165) is 55.5 Å². The van der Waals surface area contributed by atoms with Gasteiger partial charge in [-0.05, 0) is 31.7 Å². The summed E-state index contributed by atoms with van der Waals surface area (Å²) in [6.45, 7) is 8.39. The number of aliphatic hydroxyl groups is 1. The first-order chi connectivity index (χ1) is 13.5. The SMILES string of the molecule is Cc1cccc(C2CC(=O)c3c(C)nc(N4CCN(CCO)CC4)nc3C2)c1. The van der Waals surface area contributed by atoms with Crippen molar-refractivity contribution in [3.63, 3.8) is 0 Å². The van der Waals surface area contributed by atoms with Gasteiger partial charge in [0.15, 0.2) is 5.78 Å². The maximum absolute atomic E-state index is 12.9. The molecular formula is C22H28N4O2. The number of ketones is 1. The van der Waals surface area contributed by atoms with Gasteiger partial charge >= 0.3 is 0 Å². The number of rotatable bonds is 4. The summed E-state index contributed by atoms with van der Waals surface area (Å²) < 4.78 is 0. The molecule has 1 atom stereocenters. The number of piperazine rings is 1. The van der Waals surface area contributed by atoms with Crippen LogP contribution in [0, 0.1) is 13.8 Å². The number of anilines is 1. The molecule has 0 bridgehead atoms. The highest BCUT2D eigenvalue weighted by atomic mass is 16.3. The minimum Gasteiger partial charge on any atom is -0.395 e. The molecule has 1 aromatic heterocycles. The maximum atomic E-state index is 12.9. The maximum Gasteiger partial charge on any atom is 0.225 e. The number of nitrogens with zero attached hydrogens (tertiary/aromatic N) is 4. The van der Waals surface area contributed by atoms with Crippen molar-refractivity contribution in [2.75, 3.05) is 44.2 Å². The first-order valence-corrected chi connectivity index (χ1v) is 10.1. The lowest BCUT2D eigenvalue weighted by molar-refractivity contribution is 0.0962. The lowest BCUT2D eigenvalue weighted by Gasteiger charge is -2.35. The largest absolute Gasteiger partial charge is 0.395 e. The summed E-state index contributed by atoms with van der Waals surface area (Å²) in [7, 11) is 0. The second kappa shape index (κ2) is 7.97. The molecule has 1 aliphatic heterocycles. The van der Waals surface area contributed by atoms with Crippen molar-refractivity contribution in [1.29, 1.82) is 0 Å². The van der Waals surface area contributed by atoms with E-state index in [1.807, 2.05) is 6.92 Å². The van der Waals surface area contributed by atoms with Gasteiger partial charge in [0.05, 0.1) is 23.6 Å². The Bertz CT molecular complexity index is 875. The molecule has 1 unspecified atom stereocenters. The minimum atomic E-state index is 0.157. The summed E-state index contributed by atoms with van der Waals surface area (Å²) >= 11 is 0. The predicted octanol–water partition coefficient (Wildman–Crippen LogP) is 2.12. The molecule has 0 radical (unpaired) electrons. The summed E-state index contributed by atoms with van der Waals surface area (Å²) in [6.07, 6.45) is 1.31. The summed E-state index contributed by atoms with van der Waals surface area (Å²) in [5.41, 5.74) is 4.85.